The van der Waals surface area contributed by atoms with Gasteiger partial charge in [0.25, 0.3) is 10.3 Å². The van der Waals surface area contributed by atoms with Crippen molar-refractivity contribution >= 4 is 58.6 Å². The van der Waals surface area contributed by atoms with Crippen molar-refractivity contribution in [3.63, 3.8) is 0 Å². The van der Waals surface area contributed by atoms with Crippen molar-refractivity contribution in [1.82, 2.24) is 0 Å². The maximum atomic E-state index is 4.98. The SMILES string of the molecule is CC=NOC(=S)Nc1ccccc1NC(=S)ON=CC. The molecule has 0 spiro atoms. The third-order valence-electron chi connectivity index (χ3n) is 1.88. The highest BCUT2D eigenvalue weighted by atomic mass is 32.1. The Morgan fingerprint density at radius 1 is 0.950 bits per heavy atom. The molecule has 0 aliphatic rings. The number of rotatable bonds is 4. The standard InChI is InChI=1S/C12H14N4O2S2/c1-3-13-17-11(19)15-9-7-5-6-8-10(9)16-12(20)18-14-4-2/h3-8H,1-2H3,(H,15,19)(H,16,20). The van der Waals surface area contributed by atoms with Crippen LogP contribution in [0.5, 0.6) is 0 Å². The van der Waals surface area contributed by atoms with Crippen LogP contribution in [0.4, 0.5) is 11.4 Å². The summed E-state index contributed by atoms with van der Waals surface area (Å²) in [6, 6.07) is 7.29. The minimum absolute atomic E-state index is 0.121. The number of hydrogen-bond acceptors (Lipinski definition) is 6. The van der Waals surface area contributed by atoms with Crippen molar-refractivity contribution in [2.24, 2.45) is 10.3 Å². The zero-order valence-corrected chi connectivity index (χ0v) is 12.6. The molecule has 0 aromatic heterocycles. The van der Waals surface area contributed by atoms with E-state index in [1.807, 2.05) is 12.1 Å². The molecule has 1 aromatic rings. The molecule has 0 amide bonds. The van der Waals surface area contributed by atoms with Gasteiger partial charge in [0.1, 0.15) is 0 Å². The molecule has 0 aliphatic carbocycles. The summed E-state index contributed by atoms with van der Waals surface area (Å²) in [5.41, 5.74) is 1.35. The number of benzene rings is 1. The van der Waals surface area contributed by atoms with Gasteiger partial charge in [0, 0.05) is 12.4 Å². The van der Waals surface area contributed by atoms with Crippen LogP contribution < -0.4 is 10.6 Å². The molecule has 0 radical (unpaired) electrons. The minimum atomic E-state index is 0.121. The molecule has 1 aromatic carbocycles. The van der Waals surface area contributed by atoms with Crippen LogP contribution in [-0.4, -0.2) is 22.8 Å². The highest BCUT2D eigenvalue weighted by molar-refractivity contribution is 7.80. The van der Waals surface area contributed by atoms with Gasteiger partial charge in [0.2, 0.25) is 0 Å². The molecule has 2 N–H and O–H groups in total. The Bertz CT molecular complexity index is 485. The average molecular weight is 310 g/mol. The second-order valence-electron chi connectivity index (χ2n) is 3.28. The van der Waals surface area contributed by atoms with Crippen molar-refractivity contribution in [3.8, 4) is 0 Å². The summed E-state index contributed by atoms with van der Waals surface area (Å²) in [4.78, 5) is 9.79. The maximum Gasteiger partial charge on any atom is 0.293 e. The molecule has 8 heteroatoms. The van der Waals surface area contributed by atoms with Gasteiger partial charge >= 0.3 is 0 Å². The number of hydrogen-bond donors (Lipinski definition) is 2. The Morgan fingerprint density at radius 3 is 1.70 bits per heavy atom. The van der Waals surface area contributed by atoms with Gasteiger partial charge < -0.3 is 20.3 Å². The van der Waals surface area contributed by atoms with Gasteiger partial charge in [-0.3, -0.25) is 0 Å². The van der Waals surface area contributed by atoms with Crippen molar-refractivity contribution in [2.45, 2.75) is 13.8 Å². The molecular formula is C12H14N4O2S2. The van der Waals surface area contributed by atoms with E-state index in [-0.39, 0.29) is 10.3 Å². The number of thiocarbonyl (C=S) groups is 2. The smallest absolute Gasteiger partial charge is 0.293 e. The van der Waals surface area contributed by atoms with Crippen molar-refractivity contribution in [1.29, 1.82) is 0 Å². The fourth-order valence-corrected chi connectivity index (χ4v) is 1.47. The van der Waals surface area contributed by atoms with E-state index < -0.39 is 0 Å². The summed E-state index contributed by atoms with van der Waals surface area (Å²) in [5.74, 6) is 0. The summed E-state index contributed by atoms with van der Waals surface area (Å²) < 4.78 is 0. The number of nitrogens with zero attached hydrogens (tertiary/aromatic N) is 2. The highest BCUT2D eigenvalue weighted by Crippen LogP contribution is 2.21. The van der Waals surface area contributed by atoms with E-state index in [2.05, 4.69) is 20.9 Å². The zero-order valence-electron chi connectivity index (χ0n) is 11.0. The summed E-state index contributed by atoms with van der Waals surface area (Å²) in [6.45, 7) is 3.45. The van der Waals surface area contributed by atoms with Crippen LogP contribution in [0, 0.1) is 0 Å². The van der Waals surface area contributed by atoms with Crippen LogP contribution in [0.25, 0.3) is 0 Å². The first-order valence-corrected chi connectivity index (χ1v) is 6.50. The second-order valence-corrected chi connectivity index (χ2v) is 4.02. The number of para-hydroxylation sites is 2. The number of nitrogens with one attached hydrogen (secondary N) is 2. The van der Waals surface area contributed by atoms with E-state index in [4.69, 9.17) is 34.1 Å². The predicted octanol–water partition coefficient (Wildman–Crippen LogP) is 3.12. The lowest BCUT2D eigenvalue weighted by Crippen LogP contribution is -2.15. The number of oxime groups is 2. The first-order chi connectivity index (χ1) is 9.67. The molecule has 106 valence electrons. The van der Waals surface area contributed by atoms with Crippen LogP contribution in [0.3, 0.4) is 0 Å². The first-order valence-electron chi connectivity index (χ1n) is 5.68. The zero-order chi connectivity index (χ0) is 14.8. The molecule has 0 atom stereocenters. The quantitative estimate of drug-likeness (QED) is 0.506. The molecule has 0 saturated carbocycles. The Kier molecular flexibility index (Phi) is 7.15. The van der Waals surface area contributed by atoms with Crippen LogP contribution in [0.2, 0.25) is 0 Å². The molecule has 0 aliphatic heterocycles. The van der Waals surface area contributed by atoms with Crippen LogP contribution in [0.1, 0.15) is 13.8 Å². The van der Waals surface area contributed by atoms with Gasteiger partial charge in [-0.2, -0.15) is 0 Å². The molecule has 6 nitrogen and oxygen atoms in total. The summed E-state index contributed by atoms with van der Waals surface area (Å²) in [5, 5.41) is 13.2. The Morgan fingerprint density at radius 2 is 1.35 bits per heavy atom. The molecular weight excluding hydrogens is 296 g/mol. The van der Waals surface area contributed by atoms with Crippen LogP contribution in [-0.2, 0) is 9.68 Å². The molecule has 0 saturated heterocycles. The lowest BCUT2D eigenvalue weighted by Gasteiger charge is -2.12. The van der Waals surface area contributed by atoms with Gasteiger partial charge in [0.15, 0.2) is 0 Å². The third-order valence-corrected chi connectivity index (χ3v) is 2.24. The van der Waals surface area contributed by atoms with Crippen molar-refractivity contribution < 1.29 is 9.68 Å². The largest absolute Gasteiger partial charge is 0.326 e. The van der Waals surface area contributed by atoms with Gasteiger partial charge in [-0.15, -0.1) is 0 Å². The first kappa shape index (κ1) is 16.0. The second kappa shape index (κ2) is 8.94. The van der Waals surface area contributed by atoms with E-state index >= 15 is 0 Å². The fraction of sp³-hybridized carbons (Fsp3) is 0.167. The molecule has 1 rings (SSSR count). The lowest BCUT2D eigenvalue weighted by molar-refractivity contribution is 0.338. The van der Waals surface area contributed by atoms with Gasteiger partial charge in [-0.25, -0.2) is 0 Å². The summed E-state index contributed by atoms with van der Waals surface area (Å²) >= 11 is 9.96. The fourth-order valence-electron chi connectivity index (χ4n) is 1.17. The van der Waals surface area contributed by atoms with E-state index in [1.165, 1.54) is 12.4 Å². The topological polar surface area (TPSA) is 67.2 Å². The van der Waals surface area contributed by atoms with Crippen LogP contribution >= 0.6 is 24.4 Å². The van der Waals surface area contributed by atoms with E-state index in [1.54, 1.807) is 26.0 Å². The molecule has 0 bridgehead atoms. The minimum Gasteiger partial charge on any atom is -0.326 e. The Balaban J connectivity index is 2.72. The van der Waals surface area contributed by atoms with E-state index in [0.717, 1.165) is 0 Å². The Labute approximate surface area is 127 Å². The summed E-state index contributed by atoms with van der Waals surface area (Å²) in [6.07, 6.45) is 2.98. The lowest BCUT2D eigenvalue weighted by atomic mass is 10.2. The molecule has 0 unspecified atom stereocenters. The average Bonchev–Trinajstić information content (AvgIpc) is 2.45. The maximum absolute atomic E-state index is 4.98. The highest BCUT2D eigenvalue weighted by Gasteiger charge is 2.06. The molecule has 0 fully saturated rings. The number of anilines is 2. The normalized spacial score (nSPS) is 10.5. The third kappa shape index (κ3) is 5.72. The van der Waals surface area contributed by atoms with E-state index in [9.17, 15) is 0 Å². The molecule has 0 heterocycles. The van der Waals surface area contributed by atoms with Crippen molar-refractivity contribution in [3.05, 3.63) is 24.3 Å². The Hall–Kier alpha value is -2.06. The van der Waals surface area contributed by atoms with Gasteiger partial charge in [-0.05, 0) is 50.4 Å². The van der Waals surface area contributed by atoms with Gasteiger partial charge in [-0.1, -0.05) is 22.4 Å². The monoisotopic (exact) mass is 310 g/mol. The van der Waals surface area contributed by atoms with Crippen LogP contribution in [0.15, 0.2) is 34.6 Å². The van der Waals surface area contributed by atoms with E-state index in [0.29, 0.717) is 11.4 Å². The predicted molar refractivity (Wildman–Crippen MR) is 89.4 cm³/mol. The van der Waals surface area contributed by atoms with Crippen molar-refractivity contribution in [2.75, 3.05) is 10.6 Å². The summed E-state index contributed by atoms with van der Waals surface area (Å²) in [7, 11) is 0. The molecule has 20 heavy (non-hydrogen) atoms. The van der Waals surface area contributed by atoms with Gasteiger partial charge in [0.05, 0.1) is 11.4 Å².